The first-order valence-corrected chi connectivity index (χ1v) is 4.28. The Morgan fingerprint density at radius 2 is 2.08 bits per heavy atom. The highest BCUT2D eigenvalue weighted by atomic mass is 16.3. The second kappa shape index (κ2) is 8.21. The van der Waals surface area contributed by atoms with Gasteiger partial charge < -0.3 is 5.11 Å². The Labute approximate surface area is 73.6 Å². The van der Waals surface area contributed by atoms with E-state index >= 15 is 0 Å². The van der Waals surface area contributed by atoms with Crippen LogP contribution in [0.15, 0.2) is 24.3 Å². The molecule has 0 aliphatic heterocycles. The molecule has 0 aliphatic carbocycles. The van der Waals surface area contributed by atoms with Crippen molar-refractivity contribution in [2.75, 3.05) is 0 Å². The van der Waals surface area contributed by atoms with Crippen molar-refractivity contribution < 1.29 is 9.90 Å². The molecule has 1 unspecified atom stereocenters. The minimum atomic E-state index is -0.374. The van der Waals surface area contributed by atoms with E-state index < -0.39 is 0 Å². The summed E-state index contributed by atoms with van der Waals surface area (Å²) >= 11 is 0. The third-order valence-electron chi connectivity index (χ3n) is 1.49. The molecule has 0 bridgehead atoms. The van der Waals surface area contributed by atoms with Crippen LogP contribution in [0.1, 0.15) is 26.2 Å². The normalized spacial score (nSPS) is 14.2. The molecule has 0 spiro atoms. The van der Waals surface area contributed by atoms with Crippen molar-refractivity contribution >= 4 is 6.29 Å². The molecule has 0 rings (SSSR count). The Morgan fingerprint density at radius 3 is 2.67 bits per heavy atom. The summed E-state index contributed by atoms with van der Waals surface area (Å²) in [7, 11) is 0. The second-order valence-corrected chi connectivity index (χ2v) is 2.62. The maximum absolute atomic E-state index is 9.84. The van der Waals surface area contributed by atoms with E-state index in [9.17, 15) is 9.90 Å². The highest BCUT2D eigenvalue weighted by Gasteiger charge is 1.95. The molecule has 0 aliphatic rings. The third-order valence-corrected chi connectivity index (χ3v) is 1.49. The number of unbranched alkanes of at least 4 members (excludes halogenated alkanes) is 1. The first kappa shape index (κ1) is 11.1. The van der Waals surface area contributed by atoms with Gasteiger partial charge in [-0.3, -0.25) is 4.79 Å². The molecule has 0 radical (unpaired) electrons. The summed E-state index contributed by atoms with van der Waals surface area (Å²) in [6, 6.07) is 0. The Morgan fingerprint density at radius 1 is 1.33 bits per heavy atom. The van der Waals surface area contributed by atoms with Crippen LogP contribution in [0.5, 0.6) is 0 Å². The number of hydrogen-bond acceptors (Lipinski definition) is 2. The number of rotatable bonds is 6. The molecule has 2 nitrogen and oxygen atoms in total. The van der Waals surface area contributed by atoms with Gasteiger partial charge in [-0.1, -0.05) is 38.0 Å². The van der Waals surface area contributed by atoms with Crippen LogP contribution in [0.3, 0.4) is 0 Å². The molecule has 1 N–H and O–H groups in total. The molecule has 0 saturated carbocycles. The fraction of sp³-hybridized carbons (Fsp3) is 0.500. The van der Waals surface area contributed by atoms with Crippen LogP contribution in [0.4, 0.5) is 0 Å². The van der Waals surface area contributed by atoms with E-state index in [0.717, 1.165) is 19.3 Å². The number of carbonyl (C=O) groups excluding carboxylic acids is 1. The molecule has 0 aromatic rings. The standard InChI is InChI=1S/C10H16O2/c1-2-3-7-10(12)8-5-4-6-9-11/h4-6,8-10,12H,2-3,7H2,1H3. The third kappa shape index (κ3) is 7.22. The van der Waals surface area contributed by atoms with Gasteiger partial charge in [0.2, 0.25) is 0 Å². The van der Waals surface area contributed by atoms with Crippen LogP contribution in [0.25, 0.3) is 0 Å². The van der Waals surface area contributed by atoms with Crippen molar-refractivity contribution in [1.29, 1.82) is 0 Å². The number of aliphatic hydroxyl groups excluding tert-OH is 1. The van der Waals surface area contributed by atoms with Gasteiger partial charge in [-0.2, -0.15) is 0 Å². The van der Waals surface area contributed by atoms with Crippen molar-refractivity contribution in [2.45, 2.75) is 32.3 Å². The molecule has 2 heteroatoms. The van der Waals surface area contributed by atoms with E-state index in [-0.39, 0.29) is 6.10 Å². The van der Waals surface area contributed by atoms with E-state index in [4.69, 9.17) is 0 Å². The number of aliphatic hydroxyl groups is 1. The fourth-order valence-corrected chi connectivity index (χ4v) is 0.811. The summed E-state index contributed by atoms with van der Waals surface area (Å²) in [4.78, 5) is 9.84. The Kier molecular flexibility index (Phi) is 7.60. The predicted molar refractivity (Wildman–Crippen MR) is 49.9 cm³/mol. The van der Waals surface area contributed by atoms with E-state index in [1.54, 1.807) is 18.2 Å². The Bertz CT molecular complexity index is 159. The van der Waals surface area contributed by atoms with Crippen LogP contribution < -0.4 is 0 Å². The molecule has 0 amide bonds. The zero-order chi connectivity index (χ0) is 9.23. The predicted octanol–water partition coefficient (Wildman–Crippen LogP) is 1.85. The highest BCUT2D eigenvalue weighted by Crippen LogP contribution is 2.00. The molecule has 1 atom stereocenters. The minimum absolute atomic E-state index is 0.374. The SMILES string of the molecule is CCCCC(O)C=CC=CC=O. The molecule has 0 aromatic heterocycles. The summed E-state index contributed by atoms with van der Waals surface area (Å²) in [6.45, 7) is 2.09. The van der Waals surface area contributed by atoms with Gasteiger partial charge in [0.15, 0.2) is 0 Å². The summed E-state index contributed by atoms with van der Waals surface area (Å²) in [6.07, 6.45) is 9.64. The van der Waals surface area contributed by atoms with Gasteiger partial charge in [-0.25, -0.2) is 0 Å². The van der Waals surface area contributed by atoms with Gasteiger partial charge in [0.25, 0.3) is 0 Å². The maximum atomic E-state index is 9.84. The lowest BCUT2D eigenvalue weighted by Crippen LogP contribution is -2.00. The summed E-state index contributed by atoms with van der Waals surface area (Å²) in [5, 5.41) is 9.27. The smallest absolute Gasteiger partial charge is 0.142 e. The number of allylic oxidation sites excluding steroid dienone is 3. The van der Waals surface area contributed by atoms with Crippen molar-refractivity contribution in [3.05, 3.63) is 24.3 Å². The van der Waals surface area contributed by atoms with Crippen LogP contribution in [0, 0.1) is 0 Å². The average Bonchev–Trinajstić information content (AvgIpc) is 2.09. The molecule has 0 saturated heterocycles. The number of carbonyl (C=O) groups is 1. The minimum Gasteiger partial charge on any atom is -0.389 e. The monoisotopic (exact) mass is 168 g/mol. The molecular formula is C10H16O2. The first-order valence-electron chi connectivity index (χ1n) is 4.28. The lowest BCUT2D eigenvalue weighted by molar-refractivity contribution is -0.104. The lowest BCUT2D eigenvalue weighted by atomic mass is 10.1. The Hall–Kier alpha value is -0.890. The summed E-state index contributed by atoms with van der Waals surface area (Å²) in [5.74, 6) is 0. The van der Waals surface area contributed by atoms with E-state index in [1.807, 2.05) is 0 Å². The first-order chi connectivity index (χ1) is 5.81. The van der Waals surface area contributed by atoms with Crippen molar-refractivity contribution in [3.8, 4) is 0 Å². The van der Waals surface area contributed by atoms with E-state index in [0.29, 0.717) is 6.29 Å². The van der Waals surface area contributed by atoms with Gasteiger partial charge in [0, 0.05) is 0 Å². The van der Waals surface area contributed by atoms with Crippen LogP contribution in [0.2, 0.25) is 0 Å². The number of aldehydes is 1. The average molecular weight is 168 g/mol. The van der Waals surface area contributed by atoms with Gasteiger partial charge in [0.1, 0.15) is 6.29 Å². The lowest BCUT2D eigenvalue weighted by Gasteiger charge is -2.01. The highest BCUT2D eigenvalue weighted by molar-refractivity contribution is 5.65. The van der Waals surface area contributed by atoms with Crippen molar-refractivity contribution in [3.63, 3.8) is 0 Å². The van der Waals surface area contributed by atoms with Gasteiger partial charge >= 0.3 is 0 Å². The topological polar surface area (TPSA) is 37.3 Å². The largest absolute Gasteiger partial charge is 0.389 e. The van der Waals surface area contributed by atoms with E-state index in [1.165, 1.54) is 6.08 Å². The fourth-order valence-electron chi connectivity index (χ4n) is 0.811. The van der Waals surface area contributed by atoms with Crippen molar-refractivity contribution in [2.24, 2.45) is 0 Å². The van der Waals surface area contributed by atoms with Gasteiger partial charge in [-0.15, -0.1) is 0 Å². The summed E-state index contributed by atoms with van der Waals surface area (Å²) in [5.41, 5.74) is 0. The zero-order valence-electron chi connectivity index (χ0n) is 7.44. The van der Waals surface area contributed by atoms with Gasteiger partial charge in [0.05, 0.1) is 6.10 Å². The quantitative estimate of drug-likeness (QED) is 0.373. The molecule has 0 aromatic carbocycles. The molecular weight excluding hydrogens is 152 g/mol. The molecule has 0 fully saturated rings. The van der Waals surface area contributed by atoms with Gasteiger partial charge in [-0.05, 0) is 12.5 Å². The molecule has 12 heavy (non-hydrogen) atoms. The van der Waals surface area contributed by atoms with E-state index in [2.05, 4.69) is 6.92 Å². The van der Waals surface area contributed by atoms with Crippen molar-refractivity contribution in [1.82, 2.24) is 0 Å². The van der Waals surface area contributed by atoms with Crippen LogP contribution in [-0.4, -0.2) is 17.5 Å². The van der Waals surface area contributed by atoms with Crippen LogP contribution >= 0.6 is 0 Å². The number of hydrogen-bond donors (Lipinski definition) is 1. The van der Waals surface area contributed by atoms with Crippen LogP contribution in [-0.2, 0) is 4.79 Å². The molecule has 0 heterocycles. The summed E-state index contributed by atoms with van der Waals surface area (Å²) < 4.78 is 0. The molecule has 68 valence electrons. The Balaban J connectivity index is 3.52. The second-order valence-electron chi connectivity index (χ2n) is 2.62. The maximum Gasteiger partial charge on any atom is 0.142 e. The zero-order valence-corrected chi connectivity index (χ0v) is 7.44.